The summed E-state index contributed by atoms with van der Waals surface area (Å²) in [6, 6.07) is 1.50. The zero-order valence-corrected chi connectivity index (χ0v) is 10.0. The molecule has 0 aliphatic heterocycles. The minimum atomic E-state index is -0.755. The molecule has 17 heavy (non-hydrogen) atoms. The van der Waals surface area contributed by atoms with Crippen LogP contribution in [-0.4, -0.2) is 28.8 Å². The molecule has 0 aliphatic rings. The minimum Gasteiger partial charge on any atom is -0.468 e. The summed E-state index contributed by atoms with van der Waals surface area (Å²) in [6.07, 6.45) is 4.99. The molecule has 0 spiro atoms. The zero-order chi connectivity index (χ0) is 12.7. The summed E-state index contributed by atoms with van der Waals surface area (Å²) in [7, 11) is 1.29. The molecule has 0 N–H and O–H groups in total. The summed E-state index contributed by atoms with van der Waals surface area (Å²) in [5, 5.41) is 0. The molecule has 0 amide bonds. The van der Waals surface area contributed by atoms with E-state index in [4.69, 9.17) is 0 Å². The second-order valence-corrected chi connectivity index (χ2v) is 3.68. The average Bonchev–Trinajstić information content (AvgIpc) is 2.39. The van der Waals surface area contributed by atoms with Gasteiger partial charge in [-0.1, -0.05) is 19.8 Å². The number of carbonyl (C=O) groups is 2. The van der Waals surface area contributed by atoms with E-state index in [-0.39, 0.29) is 11.5 Å². The molecule has 0 saturated carbocycles. The monoisotopic (exact) mass is 236 g/mol. The van der Waals surface area contributed by atoms with Gasteiger partial charge in [-0.25, -0.2) is 9.97 Å². The summed E-state index contributed by atoms with van der Waals surface area (Å²) in [5.74, 6) is -1.55. The first-order chi connectivity index (χ1) is 8.20. The van der Waals surface area contributed by atoms with E-state index in [2.05, 4.69) is 14.7 Å². The summed E-state index contributed by atoms with van der Waals surface area (Å²) in [6.45, 7) is 2.00. The number of rotatable bonds is 6. The number of nitrogens with zero attached hydrogens (tertiary/aromatic N) is 2. The van der Waals surface area contributed by atoms with Crippen LogP contribution < -0.4 is 0 Å². The van der Waals surface area contributed by atoms with Crippen molar-refractivity contribution in [2.24, 2.45) is 5.92 Å². The first-order valence-electron chi connectivity index (χ1n) is 5.58. The highest BCUT2D eigenvalue weighted by atomic mass is 16.5. The third-order valence-corrected chi connectivity index (χ3v) is 2.48. The van der Waals surface area contributed by atoms with Crippen molar-refractivity contribution >= 4 is 11.8 Å². The number of ketones is 1. The number of hydrogen-bond donors (Lipinski definition) is 0. The number of aromatic nitrogens is 2. The maximum atomic E-state index is 12.1. The molecule has 0 radical (unpaired) electrons. The number of Topliss-reactive ketones (excluding diaryl/α,β-unsaturated/α-hetero) is 1. The van der Waals surface area contributed by atoms with Crippen LogP contribution in [0.5, 0.6) is 0 Å². The van der Waals surface area contributed by atoms with Crippen molar-refractivity contribution in [3.05, 3.63) is 24.3 Å². The van der Waals surface area contributed by atoms with Crippen LogP contribution in [0.15, 0.2) is 18.6 Å². The molecule has 0 saturated heterocycles. The van der Waals surface area contributed by atoms with E-state index in [1.807, 2.05) is 6.92 Å². The van der Waals surface area contributed by atoms with Crippen molar-refractivity contribution < 1.29 is 14.3 Å². The fraction of sp³-hybridized carbons (Fsp3) is 0.500. The van der Waals surface area contributed by atoms with Crippen LogP contribution >= 0.6 is 0 Å². The lowest BCUT2D eigenvalue weighted by molar-refractivity contribution is -0.143. The standard InChI is InChI=1S/C12H16N2O3/c1-3-4-5-9(12(16)17-2)11(15)10-6-7-13-8-14-10/h6-9H,3-5H2,1-2H3. The molecular weight excluding hydrogens is 220 g/mol. The molecule has 1 aromatic heterocycles. The van der Waals surface area contributed by atoms with Gasteiger partial charge in [0.25, 0.3) is 0 Å². The van der Waals surface area contributed by atoms with Crippen molar-refractivity contribution in [1.29, 1.82) is 0 Å². The van der Waals surface area contributed by atoms with Crippen LogP contribution in [0.25, 0.3) is 0 Å². The number of carbonyl (C=O) groups excluding carboxylic acids is 2. The van der Waals surface area contributed by atoms with Crippen molar-refractivity contribution in [3.63, 3.8) is 0 Å². The summed E-state index contributed by atoms with van der Waals surface area (Å²) >= 11 is 0. The van der Waals surface area contributed by atoms with Gasteiger partial charge in [0, 0.05) is 6.20 Å². The van der Waals surface area contributed by atoms with Crippen molar-refractivity contribution in [3.8, 4) is 0 Å². The Morgan fingerprint density at radius 3 is 2.76 bits per heavy atom. The van der Waals surface area contributed by atoms with E-state index in [1.54, 1.807) is 0 Å². The van der Waals surface area contributed by atoms with E-state index < -0.39 is 11.9 Å². The molecule has 5 nitrogen and oxygen atoms in total. The van der Waals surface area contributed by atoms with Gasteiger partial charge in [-0.3, -0.25) is 9.59 Å². The zero-order valence-electron chi connectivity index (χ0n) is 10.0. The molecule has 1 rings (SSSR count). The number of hydrogen-bond acceptors (Lipinski definition) is 5. The van der Waals surface area contributed by atoms with Gasteiger partial charge in [0.15, 0.2) is 5.78 Å². The Kier molecular flexibility index (Phi) is 5.26. The molecule has 1 atom stereocenters. The Morgan fingerprint density at radius 2 is 2.24 bits per heavy atom. The summed E-state index contributed by atoms with van der Waals surface area (Å²) < 4.78 is 4.65. The summed E-state index contributed by atoms with van der Waals surface area (Å²) in [5.41, 5.74) is 0.256. The lowest BCUT2D eigenvalue weighted by atomic mass is 9.95. The Bertz CT molecular complexity index is 379. The Labute approximate surface area is 100 Å². The lowest BCUT2D eigenvalue weighted by Gasteiger charge is -2.12. The van der Waals surface area contributed by atoms with Crippen molar-refractivity contribution in [2.75, 3.05) is 7.11 Å². The van der Waals surface area contributed by atoms with E-state index >= 15 is 0 Å². The molecule has 1 heterocycles. The second-order valence-electron chi connectivity index (χ2n) is 3.68. The molecule has 5 heteroatoms. The Balaban J connectivity index is 2.83. The van der Waals surface area contributed by atoms with Crippen LogP contribution in [0, 0.1) is 5.92 Å². The smallest absolute Gasteiger partial charge is 0.316 e. The van der Waals surface area contributed by atoms with E-state index in [0.717, 1.165) is 12.8 Å². The van der Waals surface area contributed by atoms with Gasteiger partial charge in [-0.2, -0.15) is 0 Å². The summed E-state index contributed by atoms with van der Waals surface area (Å²) in [4.78, 5) is 31.2. The van der Waals surface area contributed by atoms with Gasteiger partial charge in [0.2, 0.25) is 0 Å². The fourth-order valence-electron chi connectivity index (χ4n) is 1.52. The number of methoxy groups -OCH3 is 1. The lowest BCUT2D eigenvalue weighted by Crippen LogP contribution is -2.26. The highest BCUT2D eigenvalue weighted by Gasteiger charge is 2.28. The molecule has 1 aromatic rings. The first-order valence-corrected chi connectivity index (χ1v) is 5.58. The fourth-order valence-corrected chi connectivity index (χ4v) is 1.52. The topological polar surface area (TPSA) is 69.2 Å². The third-order valence-electron chi connectivity index (χ3n) is 2.48. The predicted octanol–water partition coefficient (Wildman–Crippen LogP) is 1.64. The maximum Gasteiger partial charge on any atom is 0.316 e. The predicted molar refractivity (Wildman–Crippen MR) is 61.4 cm³/mol. The SMILES string of the molecule is CCCCC(C(=O)OC)C(=O)c1ccncn1. The number of ether oxygens (including phenoxy) is 1. The largest absolute Gasteiger partial charge is 0.468 e. The van der Waals surface area contributed by atoms with E-state index in [0.29, 0.717) is 6.42 Å². The van der Waals surface area contributed by atoms with Gasteiger partial charge in [-0.05, 0) is 12.5 Å². The molecule has 1 unspecified atom stereocenters. The van der Waals surface area contributed by atoms with E-state index in [9.17, 15) is 9.59 Å². The highest BCUT2D eigenvalue weighted by molar-refractivity contribution is 6.07. The van der Waals surface area contributed by atoms with Crippen molar-refractivity contribution in [2.45, 2.75) is 26.2 Å². The van der Waals surface area contributed by atoms with Gasteiger partial charge in [0.05, 0.1) is 7.11 Å². The van der Waals surface area contributed by atoms with Crippen molar-refractivity contribution in [1.82, 2.24) is 9.97 Å². The third kappa shape index (κ3) is 3.62. The minimum absolute atomic E-state index is 0.256. The molecule has 0 fully saturated rings. The molecular formula is C12H16N2O3. The second kappa shape index (κ2) is 6.73. The van der Waals surface area contributed by atoms with Crippen LogP contribution in [-0.2, 0) is 9.53 Å². The van der Waals surface area contributed by atoms with Crippen LogP contribution in [0.1, 0.15) is 36.7 Å². The normalized spacial score (nSPS) is 11.9. The first kappa shape index (κ1) is 13.3. The van der Waals surface area contributed by atoms with Crippen LogP contribution in [0.2, 0.25) is 0 Å². The van der Waals surface area contributed by atoms with Gasteiger partial charge < -0.3 is 4.74 Å². The molecule has 0 aromatic carbocycles. The van der Waals surface area contributed by atoms with Gasteiger partial charge in [-0.15, -0.1) is 0 Å². The van der Waals surface area contributed by atoms with Gasteiger partial charge >= 0.3 is 5.97 Å². The van der Waals surface area contributed by atoms with E-state index in [1.165, 1.54) is 25.7 Å². The molecule has 0 aliphatic carbocycles. The quantitative estimate of drug-likeness (QED) is 0.426. The molecule has 92 valence electrons. The average molecular weight is 236 g/mol. The van der Waals surface area contributed by atoms with Gasteiger partial charge in [0.1, 0.15) is 17.9 Å². The maximum absolute atomic E-state index is 12.1. The highest BCUT2D eigenvalue weighted by Crippen LogP contribution is 2.15. The van der Waals surface area contributed by atoms with Crippen LogP contribution in [0.3, 0.4) is 0 Å². The van der Waals surface area contributed by atoms with Crippen LogP contribution in [0.4, 0.5) is 0 Å². The number of esters is 1. The Hall–Kier alpha value is -1.78. The Morgan fingerprint density at radius 1 is 1.47 bits per heavy atom. The molecule has 0 bridgehead atoms. The number of unbranched alkanes of at least 4 members (excludes halogenated alkanes) is 1.